The third-order valence-electron chi connectivity index (χ3n) is 3.20. The monoisotopic (exact) mass is 185 g/mol. The lowest BCUT2D eigenvalue weighted by atomic mass is 9.84. The molecule has 1 nitrogen and oxygen atoms in total. The Morgan fingerprint density at radius 2 is 1.62 bits per heavy atom. The lowest BCUT2D eigenvalue weighted by Gasteiger charge is -2.24. The van der Waals surface area contributed by atoms with Gasteiger partial charge in [-0.25, -0.2) is 0 Å². The zero-order valence-electron chi connectivity index (χ0n) is 10.1. The Kier molecular flexibility index (Phi) is 7.35. The van der Waals surface area contributed by atoms with Gasteiger partial charge in [0.1, 0.15) is 0 Å². The van der Waals surface area contributed by atoms with Gasteiger partial charge in [0.2, 0.25) is 0 Å². The Hall–Kier alpha value is -0.0400. The third kappa shape index (κ3) is 5.30. The summed E-state index contributed by atoms with van der Waals surface area (Å²) in [6, 6.07) is 0. The molecule has 0 aliphatic carbocycles. The first-order chi connectivity index (χ1) is 6.15. The lowest BCUT2D eigenvalue weighted by molar-refractivity contribution is 0.281. The largest absolute Gasteiger partial charge is 0.319 e. The van der Waals surface area contributed by atoms with Crippen LogP contribution >= 0.6 is 0 Å². The van der Waals surface area contributed by atoms with E-state index in [1.165, 1.54) is 25.8 Å². The van der Waals surface area contributed by atoms with Crippen molar-refractivity contribution in [3.8, 4) is 0 Å². The predicted molar refractivity (Wildman–Crippen MR) is 60.9 cm³/mol. The molecule has 0 aliphatic rings. The van der Waals surface area contributed by atoms with Gasteiger partial charge in [0.15, 0.2) is 0 Å². The van der Waals surface area contributed by atoms with E-state index >= 15 is 0 Å². The maximum absolute atomic E-state index is 3.30. The fraction of sp³-hybridized carbons (Fsp3) is 1.00. The van der Waals surface area contributed by atoms with Crippen molar-refractivity contribution in [2.75, 3.05) is 13.6 Å². The Morgan fingerprint density at radius 3 is 1.92 bits per heavy atom. The van der Waals surface area contributed by atoms with E-state index in [4.69, 9.17) is 0 Å². The molecule has 0 aromatic carbocycles. The molecular weight excluding hydrogens is 158 g/mol. The highest BCUT2D eigenvalue weighted by atomic mass is 14.8. The summed E-state index contributed by atoms with van der Waals surface area (Å²) >= 11 is 0. The number of nitrogens with one attached hydrogen (secondary N) is 1. The van der Waals surface area contributed by atoms with Crippen LogP contribution in [-0.2, 0) is 0 Å². The number of hydrogen-bond acceptors (Lipinski definition) is 1. The summed E-state index contributed by atoms with van der Waals surface area (Å²) in [5.74, 6) is 2.60. The Labute approximate surface area is 84.3 Å². The number of hydrogen-bond donors (Lipinski definition) is 1. The lowest BCUT2D eigenvalue weighted by Crippen LogP contribution is -2.25. The summed E-state index contributed by atoms with van der Waals surface area (Å²) in [7, 11) is 2.06. The van der Waals surface area contributed by atoms with Gasteiger partial charge in [-0.2, -0.15) is 0 Å². The molecule has 13 heavy (non-hydrogen) atoms. The van der Waals surface area contributed by atoms with Gasteiger partial charge in [-0.15, -0.1) is 0 Å². The van der Waals surface area contributed by atoms with E-state index in [2.05, 4.69) is 40.1 Å². The van der Waals surface area contributed by atoms with Gasteiger partial charge in [-0.1, -0.05) is 40.5 Å². The van der Waals surface area contributed by atoms with Crippen molar-refractivity contribution >= 4 is 0 Å². The minimum absolute atomic E-state index is 0.813. The molecule has 1 heteroatoms. The van der Waals surface area contributed by atoms with Crippen molar-refractivity contribution in [1.29, 1.82) is 0 Å². The van der Waals surface area contributed by atoms with Crippen LogP contribution in [0.5, 0.6) is 0 Å². The van der Waals surface area contributed by atoms with Crippen LogP contribution in [0.25, 0.3) is 0 Å². The van der Waals surface area contributed by atoms with Gasteiger partial charge in [0, 0.05) is 0 Å². The van der Waals surface area contributed by atoms with Gasteiger partial charge in [0.25, 0.3) is 0 Å². The van der Waals surface area contributed by atoms with Gasteiger partial charge in [-0.05, 0) is 37.8 Å². The molecule has 0 bridgehead atoms. The maximum atomic E-state index is 3.30. The average molecular weight is 185 g/mol. The van der Waals surface area contributed by atoms with Crippen LogP contribution in [0.4, 0.5) is 0 Å². The Morgan fingerprint density at radius 1 is 1.08 bits per heavy atom. The molecule has 0 saturated carbocycles. The molecular formula is C12H27N. The second kappa shape index (κ2) is 7.37. The molecule has 0 aliphatic heterocycles. The highest BCUT2D eigenvalue weighted by Gasteiger charge is 2.16. The summed E-state index contributed by atoms with van der Waals surface area (Å²) in [5.41, 5.74) is 0. The molecule has 1 unspecified atom stereocenters. The zero-order valence-corrected chi connectivity index (χ0v) is 10.1. The van der Waals surface area contributed by atoms with Crippen molar-refractivity contribution in [3.05, 3.63) is 0 Å². The predicted octanol–water partition coefficient (Wildman–Crippen LogP) is 3.30. The number of rotatable bonds is 7. The summed E-state index contributed by atoms with van der Waals surface area (Å²) < 4.78 is 0. The normalized spacial score (nSPS) is 14.1. The van der Waals surface area contributed by atoms with E-state index < -0.39 is 0 Å². The van der Waals surface area contributed by atoms with Gasteiger partial charge in [-0.3, -0.25) is 0 Å². The summed E-state index contributed by atoms with van der Waals surface area (Å²) in [4.78, 5) is 0. The molecule has 0 fully saturated rings. The first-order valence-corrected chi connectivity index (χ1v) is 5.80. The molecule has 1 N–H and O–H groups in total. The van der Waals surface area contributed by atoms with E-state index in [0.29, 0.717) is 0 Å². The van der Waals surface area contributed by atoms with Crippen LogP contribution in [-0.4, -0.2) is 13.6 Å². The minimum atomic E-state index is 0.813. The zero-order chi connectivity index (χ0) is 10.3. The fourth-order valence-electron chi connectivity index (χ4n) is 1.90. The standard InChI is InChI=1S/C12H27N/c1-6-11(7-2)8-12(9-13-5)10(3)4/h10-13H,6-9H2,1-5H3. The Balaban J connectivity index is 3.91. The molecule has 0 saturated heterocycles. The van der Waals surface area contributed by atoms with Gasteiger partial charge in [0.05, 0.1) is 0 Å². The van der Waals surface area contributed by atoms with Crippen molar-refractivity contribution in [3.63, 3.8) is 0 Å². The molecule has 0 radical (unpaired) electrons. The van der Waals surface area contributed by atoms with E-state index in [9.17, 15) is 0 Å². The minimum Gasteiger partial charge on any atom is -0.319 e. The summed E-state index contributed by atoms with van der Waals surface area (Å²) in [5, 5.41) is 3.30. The van der Waals surface area contributed by atoms with Crippen LogP contribution in [0.15, 0.2) is 0 Å². The molecule has 0 heterocycles. The third-order valence-corrected chi connectivity index (χ3v) is 3.20. The van der Waals surface area contributed by atoms with Gasteiger partial charge < -0.3 is 5.32 Å². The summed E-state index contributed by atoms with van der Waals surface area (Å²) in [6.45, 7) is 10.5. The quantitative estimate of drug-likeness (QED) is 0.641. The van der Waals surface area contributed by atoms with E-state index in [1.807, 2.05) is 0 Å². The van der Waals surface area contributed by atoms with Crippen LogP contribution < -0.4 is 5.32 Å². The highest BCUT2D eigenvalue weighted by molar-refractivity contribution is 4.69. The topological polar surface area (TPSA) is 12.0 Å². The molecule has 0 amide bonds. The van der Waals surface area contributed by atoms with Gasteiger partial charge >= 0.3 is 0 Å². The SMILES string of the molecule is CCC(CC)CC(CNC)C(C)C. The molecule has 80 valence electrons. The van der Waals surface area contributed by atoms with E-state index in [1.54, 1.807) is 0 Å². The smallest absolute Gasteiger partial charge is 0.00210 e. The second-order valence-corrected chi connectivity index (χ2v) is 4.48. The van der Waals surface area contributed by atoms with Crippen LogP contribution in [0.3, 0.4) is 0 Å². The van der Waals surface area contributed by atoms with Crippen LogP contribution in [0.1, 0.15) is 47.0 Å². The molecule has 0 aromatic heterocycles. The molecule has 0 spiro atoms. The maximum Gasteiger partial charge on any atom is -0.00210 e. The summed E-state index contributed by atoms with van der Waals surface area (Å²) in [6.07, 6.45) is 4.07. The van der Waals surface area contributed by atoms with Crippen LogP contribution in [0.2, 0.25) is 0 Å². The first-order valence-electron chi connectivity index (χ1n) is 5.80. The van der Waals surface area contributed by atoms with Crippen molar-refractivity contribution < 1.29 is 0 Å². The Bertz CT molecular complexity index is 106. The molecule has 0 aromatic rings. The second-order valence-electron chi connectivity index (χ2n) is 4.48. The van der Waals surface area contributed by atoms with E-state index in [-0.39, 0.29) is 0 Å². The van der Waals surface area contributed by atoms with Crippen molar-refractivity contribution in [1.82, 2.24) is 5.32 Å². The van der Waals surface area contributed by atoms with E-state index in [0.717, 1.165) is 17.8 Å². The highest BCUT2D eigenvalue weighted by Crippen LogP contribution is 2.23. The first kappa shape index (κ1) is 13.0. The molecule has 1 atom stereocenters. The average Bonchev–Trinajstić information content (AvgIpc) is 2.11. The fourth-order valence-corrected chi connectivity index (χ4v) is 1.90. The van der Waals surface area contributed by atoms with Crippen molar-refractivity contribution in [2.45, 2.75) is 47.0 Å². The van der Waals surface area contributed by atoms with Crippen molar-refractivity contribution in [2.24, 2.45) is 17.8 Å². The molecule has 0 rings (SSSR count). The van der Waals surface area contributed by atoms with Crippen LogP contribution in [0, 0.1) is 17.8 Å².